The van der Waals surface area contributed by atoms with Crippen LogP contribution < -0.4 is 5.11 Å². The van der Waals surface area contributed by atoms with Gasteiger partial charge >= 0.3 is 0 Å². The van der Waals surface area contributed by atoms with Gasteiger partial charge in [-0.1, -0.05) is 89.8 Å². The number of carbonyl (C=O) groups excluding carboxylic acids is 1. The molecule has 0 aliphatic rings. The number of benzene rings is 1. The van der Waals surface area contributed by atoms with E-state index in [0.29, 0.717) is 0 Å². The molecule has 0 spiro atoms. The highest BCUT2D eigenvalue weighted by Crippen LogP contribution is 2.16. The lowest BCUT2D eigenvalue weighted by atomic mass is 10.1. The van der Waals surface area contributed by atoms with Gasteiger partial charge in [0.25, 0.3) is 0 Å². The molecule has 172 valence electrons. The van der Waals surface area contributed by atoms with E-state index in [1.807, 2.05) is 37.3 Å². The van der Waals surface area contributed by atoms with Gasteiger partial charge in [0, 0.05) is 12.4 Å². The number of nitrogens with zero attached hydrogens (tertiary/aromatic N) is 1. The first-order chi connectivity index (χ1) is 14.4. The number of rotatable bonds is 15. The summed E-state index contributed by atoms with van der Waals surface area (Å²) in [6.07, 6.45) is 12.7. The van der Waals surface area contributed by atoms with Crippen molar-refractivity contribution in [3.63, 3.8) is 0 Å². The smallest absolute Gasteiger partial charge is 0.0786 e. The highest BCUT2D eigenvalue weighted by atomic mass is 16.4. The average Bonchev–Trinajstić information content (AvgIpc) is 2.77. The zero-order chi connectivity index (χ0) is 22.7. The zero-order valence-corrected chi connectivity index (χ0v) is 20.4. The molecule has 0 bridgehead atoms. The zero-order valence-electron chi connectivity index (χ0n) is 20.4. The molecule has 0 radical (unpaired) electrons. The van der Waals surface area contributed by atoms with Crippen molar-refractivity contribution in [1.82, 2.24) is 0 Å². The number of carboxylic acids is 1. The average molecular weight is 418 g/mol. The van der Waals surface area contributed by atoms with Crippen LogP contribution in [0.5, 0.6) is 0 Å². The van der Waals surface area contributed by atoms with Gasteiger partial charge in [-0.25, -0.2) is 0 Å². The van der Waals surface area contributed by atoms with Crippen LogP contribution in [-0.4, -0.2) is 36.6 Å². The Morgan fingerprint density at radius 2 is 1.20 bits per heavy atom. The van der Waals surface area contributed by atoms with Crippen molar-refractivity contribution in [1.29, 1.82) is 0 Å². The van der Waals surface area contributed by atoms with E-state index < -0.39 is 5.97 Å². The number of unbranched alkanes of at least 4 members (excludes halogenated alkanes) is 4. The molecule has 0 N–H and O–H groups in total. The standard InChI is InChI=1S/C16H36N.C11H12O2/c1-5-9-13-17(14-10-6-2,15-11-7-3)16-12-8-4;1-9(7-8-11(12)13)10-5-3-2-4-6-10/h5-16H2,1-4H3;2-7H,8H2,1H3,(H,12,13)/q+1;/p-1/b;9-7+. The molecule has 0 aliphatic heterocycles. The first-order valence-electron chi connectivity index (χ1n) is 12.2. The van der Waals surface area contributed by atoms with Crippen LogP contribution in [0.4, 0.5) is 0 Å². The van der Waals surface area contributed by atoms with Crippen molar-refractivity contribution in [3.05, 3.63) is 42.0 Å². The number of allylic oxidation sites excluding steroid dienone is 1. The summed E-state index contributed by atoms with van der Waals surface area (Å²) >= 11 is 0. The van der Waals surface area contributed by atoms with Crippen molar-refractivity contribution in [2.45, 2.75) is 92.4 Å². The van der Waals surface area contributed by atoms with Gasteiger partial charge in [-0.05, 0) is 43.7 Å². The predicted octanol–water partition coefficient (Wildman–Crippen LogP) is 6.23. The van der Waals surface area contributed by atoms with Crippen molar-refractivity contribution in [2.24, 2.45) is 0 Å². The van der Waals surface area contributed by atoms with E-state index in [-0.39, 0.29) is 6.42 Å². The number of aliphatic carboxylic acids is 1. The third kappa shape index (κ3) is 13.6. The molecule has 0 aliphatic carbocycles. The summed E-state index contributed by atoms with van der Waals surface area (Å²) in [4.78, 5) is 10.2. The van der Waals surface area contributed by atoms with E-state index in [1.54, 1.807) is 6.08 Å². The Bertz CT molecular complexity index is 528. The fraction of sp³-hybridized carbons (Fsp3) is 0.667. The van der Waals surface area contributed by atoms with Crippen LogP contribution in [0, 0.1) is 0 Å². The van der Waals surface area contributed by atoms with Gasteiger partial charge in [0.2, 0.25) is 0 Å². The van der Waals surface area contributed by atoms with E-state index in [2.05, 4.69) is 27.7 Å². The maximum Gasteiger partial charge on any atom is 0.0786 e. The molecule has 30 heavy (non-hydrogen) atoms. The Balaban J connectivity index is 0.000000579. The summed E-state index contributed by atoms with van der Waals surface area (Å²) in [7, 11) is 0. The number of hydrogen-bond acceptors (Lipinski definition) is 2. The van der Waals surface area contributed by atoms with Gasteiger partial charge in [-0.3, -0.25) is 0 Å². The van der Waals surface area contributed by atoms with Crippen LogP contribution in [0.1, 0.15) is 98.0 Å². The quantitative estimate of drug-likeness (QED) is 0.317. The third-order valence-corrected chi connectivity index (χ3v) is 5.75. The van der Waals surface area contributed by atoms with Crippen LogP contribution in [0.15, 0.2) is 36.4 Å². The first kappa shape index (κ1) is 28.4. The summed E-state index contributed by atoms with van der Waals surface area (Å²) in [6, 6.07) is 9.66. The molecule has 1 rings (SSSR count). The van der Waals surface area contributed by atoms with Gasteiger partial charge in [-0.15, -0.1) is 0 Å². The fourth-order valence-electron chi connectivity index (χ4n) is 3.70. The minimum absolute atomic E-state index is 0.0271. The summed E-state index contributed by atoms with van der Waals surface area (Å²) in [6.45, 7) is 16.9. The Hall–Kier alpha value is -1.61. The number of carbonyl (C=O) groups is 1. The molecule has 1 aromatic rings. The van der Waals surface area contributed by atoms with E-state index in [4.69, 9.17) is 0 Å². The van der Waals surface area contributed by atoms with Crippen molar-refractivity contribution in [3.8, 4) is 0 Å². The Kier molecular flexibility index (Phi) is 17.2. The van der Waals surface area contributed by atoms with Gasteiger partial charge in [-0.2, -0.15) is 0 Å². The van der Waals surface area contributed by atoms with Gasteiger partial charge in [0.05, 0.1) is 26.2 Å². The fourth-order valence-corrected chi connectivity index (χ4v) is 3.70. The normalized spacial score (nSPS) is 11.7. The Labute approximate surface area is 186 Å². The first-order valence-corrected chi connectivity index (χ1v) is 12.2. The molecule has 3 heteroatoms. The molecule has 3 nitrogen and oxygen atoms in total. The Morgan fingerprint density at radius 1 is 0.800 bits per heavy atom. The topological polar surface area (TPSA) is 40.1 Å². The number of quaternary nitrogens is 1. The third-order valence-electron chi connectivity index (χ3n) is 5.75. The van der Waals surface area contributed by atoms with E-state index in [1.165, 1.54) is 82.0 Å². The summed E-state index contributed by atoms with van der Waals surface area (Å²) in [5, 5.41) is 10.2. The maximum absolute atomic E-state index is 10.2. The lowest BCUT2D eigenvalue weighted by Crippen LogP contribution is -2.50. The second-order valence-corrected chi connectivity index (χ2v) is 8.48. The SMILES string of the molecule is C/C(=C\CC(=O)[O-])c1ccccc1.CCCC[N+](CCCC)(CCCC)CCCC. The van der Waals surface area contributed by atoms with Crippen LogP contribution >= 0.6 is 0 Å². The molecule has 0 heterocycles. The van der Waals surface area contributed by atoms with Crippen LogP contribution in [0.25, 0.3) is 5.57 Å². The molecular weight excluding hydrogens is 370 g/mol. The highest BCUT2D eigenvalue weighted by Gasteiger charge is 2.24. The minimum atomic E-state index is -1.05. The second-order valence-electron chi connectivity index (χ2n) is 8.48. The summed E-state index contributed by atoms with van der Waals surface area (Å²) < 4.78 is 1.42. The molecule has 0 saturated carbocycles. The van der Waals surface area contributed by atoms with E-state index in [0.717, 1.165) is 11.1 Å². The lowest BCUT2D eigenvalue weighted by Gasteiger charge is -2.39. The van der Waals surface area contributed by atoms with E-state index >= 15 is 0 Å². The van der Waals surface area contributed by atoms with Crippen LogP contribution in [0.3, 0.4) is 0 Å². The van der Waals surface area contributed by atoms with E-state index in [9.17, 15) is 9.90 Å². The van der Waals surface area contributed by atoms with Crippen molar-refractivity contribution < 1.29 is 14.4 Å². The monoisotopic (exact) mass is 417 g/mol. The largest absolute Gasteiger partial charge is 0.550 e. The van der Waals surface area contributed by atoms with Crippen molar-refractivity contribution in [2.75, 3.05) is 26.2 Å². The molecule has 1 aromatic carbocycles. The summed E-state index contributed by atoms with van der Waals surface area (Å²) in [5.41, 5.74) is 2.01. The number of hydrogen-bond donors (Lipinski definition) is 0. The summed E-state index contributed by atoms with van der Waals surface area (Å²) in [5.74, 6) is -1.05. The molecule has 0 saturated heterocycles. The van der Waals surface area contributed by atoms with Gasteiger partial charge < -0.3 is 14.4 Å². The molecule has 0 amide bonds. The maximum atomic E-state index is 10.2. The van der Waals surface area contributed by atoms with Crippen LogP contribution in [0.2, 0.25) is 0 Å². The van der Waals surface area contributed by atoms with Gasteiger partial charge in [0.15, 0.2) is 0 Å². The predicted molar refractivity (Wildman–Crippen MR) is 129 cm³/mol. The molecular formula is C27H47NO2. The van der Waals surface area contributed by atoms with Gasteiger partial charge in [0.1, 0.15) is 0 Å². The molecule has 0 atom stereocenters. The Morgan fingerprint density at radius 3 is 1.53 bits per heavy atom. The highest BCUT2D eigenvalue weighted by molar-refractivity contribution is 5.72. The second kappa shape index (κ2) is 18.2. The molecule has 0 fully saturated rings. The molecule has 0 aromatic heterocycles. The lowest BCUT2D eigenvalue weighted by molar-refractivity contribution is -0.929. The van der Waals surface area contributed by atoms with Crippen molar-refractivity contribution >= 4 is 11.5 Å². The van der Waals surface area contributed by atoms with Crippen LogP contribution in [-0.2, 0) is 4.79 Å². The minimum Gasteiger partial charge on any atom is -0.550 e. The molecule has 0 unspecified atom stereocenters. The number of carboxylic acid groups (broad SMARTS) is 1.